The van der Waals surface area contributed by atoms with Gasteiger partial charge in [0.2, 0.25) is 0 Å². The Morgan fingerprint density at radius 2 is 1.89 bits per heavy atom. The summed E-state index contributed by atoms with van der Waals surface area (Å²) < 4.78 is 11.0. The van der Waals surface area contributed by atoms with Crippen molar-refractivity contribution in [1.82, 2.24) is 0 Å². The van der Waals surface area contributed by atoms with E-state index in [1.165, 1.54) is 0 Å². The average molecular weight is 257 g/mol. The molecule has 2 aromatic carbocycles. The molecular formula is C16H19NO2. The van der Waals surface area contributed by atoms with Crippen molar-refractivity contribution in [2.75, 3.05) is 7.11 Å². The van der Waals surface area contributed by atoms with Crippen LogP contribution in [0.15, 0.2) is 48.5 Å². The summed E-state index contributed by atoms with van der Waals surface area (Å²) in [7, 11) is 1.68. The maximum absolute atomic E-state index is 5.95. The molecule has 0 saturated carbocycles. The van der Waals surface area contributed by atoms with Crippen LogP contribution in [-0.2, 0) is 11.3 Å². The molecule has 100 valence electrons. The van der Waals surface area contributed by atoms with Crippen molar-refractivity contribution in [2.45, 2.75) is 19.6 Å². The highest BCUT2D eigenvalue weighted by atomic mass is 16.5. The fourth-order valence-corrected chi connectivity index (χ4v) is 1.94. The summed E-state index contributed by atoms with van der Waals surface area (Å²) in [5.74, 6) is 1.59. The lowest BCUT2D eigenvalue weighted by Crippen LogP contribution is -2.06. The van der Waals surface area contributed by atoms with Crippen LogP contribution >= 0.6 is 0 Å². The van der Waals surface area contributed by atoms with Gasteiger partial charge in [0, 0.05) is 18.7 Å². The lowest BCUT2D eigenvalue weighted by atomic mass is 10.1. The Labute approximate surface area is 114 Å². The first-order chi connectivity index (χ1) is 9.20. The van der Waals surface area contributed by atoms with Crippen LogP contribution < -0.4 is 10.5 Å². The van der Waals surface area contributed by atoms with Crippen molar-refractivity contribution < 1.29 is 9.47 Å². The van der Waals surface area contributed by atoms with Crippen molar-refractivity contribution >= 4 is 0 Å². The van der Waals surface area contributed by atoms with E-state index in [0.717, 1.165) is 22.6 Å². The highest BCUT2D eigenvalue weighted by Crippen LogP contribution is 2.28. The zero-order valence-corrected chi connectivity index (χ0v) is 11.3. The molecule has 19 heavy (non-hydrogen) atoms. The number of hydrogen-bond acceptors (Lipinski definition) is 3. The molecule has 3 heteroatoms. The number of nitrogens with two attached hydrogens (primary N) is 1. The van der Waals surface area contributed by atoms with Gasteiger partial charge in [0.25, 0.3) is 0 Å². The van der Waals surface area contributed by atoms with Gasteiger partial charge in [0.1, 0.15) is 11.5 Å². The first-order valence-corrected chi connectivity index (χ1v) is 6.31. The third-order valence-corrected chi connectivity index (χ3v) is 2.85. The molecule has 0 bridgehead atoms. The molecular weight excluding hydrogens is 238 g/mol. The molecule has 1 unspecified atom stereocenters. The van der Waals surface area contributed by atoms with E-state index in [-0.39, 0.29) is 6.04 Å². The van der Waals surface area contributed by atoms with Crippen molar-refractivity contribution in [3.8, 4) is 11.5 Å². The Hall–Kier alpha value is -1.84. The minimum Gasteiger partial charge on any atom is -0.457 e. The molecule has 2 aromatic rings. The van der Waals surface area contributed by atoms with E-state index in [1.54, 1.807) is 7.11 Å². The van der Waals surface area contributed by atoms with Crippen molar-refractivity contribution in [2.24, 2.45) is 5.73 Å². The normalized spacial score (nSPS) is 12.2. The summed E-state index contributed by atoms with van der Waals surface area (Å²) in [6.45, 7) is 2.52. The number of methoxy groups -OCH3 is 1. The first-order valence-electron chi connectivity index (χ1n) is 6.31. The molecule has 0 spiro atoms. The zero-order chi connectivity index (χ0) is 13.7. The molecule has 0 amide bonds. The summed E-state index contributed by atoms with van der Waals surface area (Å²) in [4.78, 5) is 0. The van der Waals surface area contributed by atoms with Gasteiger partial charge in [-0.25, -0.2) is 0 Å². The monoisotopic (exact) mass is 257 g/mol. The Morgan fingerprint density at radius 1 is 1.11 bits per heavy atom. The zero-order valence-electron chi connectivity index (χ0n) is 11.3. The maximum atomic E-state index is 5.95. The van der Waals surface area contributed by atoms with E-state index in [1.807, 2.05) is 55.5 Å². The number of rotatable bonds is 5. The predicted molar refractivity (Wildman–Crippen MR) is 76.3 cm³/mol. The highest BCUT2D eigenvalue weighted by Gasteiger charge is 2.08. The Kier molecular flexibility index (Phi) is 4.55. The molecule has 0 heterocycles. The van der Waals surface area contributed by atoms with E-state index in [0.29, 0.717) is 6.61 Å². The third-order valence-electron chi connectivity index (χ3n) is 2.85. The number of para-hydroxylation sites is 1. The smallest absolute Gasteiger partial charge is 0.132 e. The van der Waals surface area contributed by atoms with E-state index in [2.05, 4.69) is 0 Å². The van der Waals surface area contributed by atoms with Crippen LogP contribution in [0.1, 0.15) is 24.1 Å². The van der Waals surface area contributed by atoms with E-state index < -0.39 is 0 Å². The Bertz CT molecular complexity index is 538. The minimum atomic E-state index is -0.0571. The fraction of sp³-hybridized carbons (Fsp3) is 0.250. The van der Waals surface area contributed by atoms with Gasteiger partial charge in [-0.05, 0) is 30.7 Å². The van der Waals surface area contributed by atoms with Gasteiger partial charge in [-0.3, -0.25) is 0 Å². The van der Waals surface area contributed by atoms with Gasteiger partial charge in [0.05, 0.1) is 6.61 Å². The van der Waals surface area contributed by atoms with Crippen LogP contribution in [0.25, 0.3) is 0 Å². The van der Waals surface area contributed by atoms with Gasteiger partial charge in [0.15, 0.2) is 0 Å². The minimum absolute atomic E-state index is 0.0571. The van der Waals surface area contributed by atoms with Crippen molar-refractivity contribution in [1.29, 1.82) is 0 Å². The average Bonchev–Trinajstić information content (AvgIpc) is 2.40. The van der Waals surface area contributed by atoms with Crippen LogP contribution in [-0.4, -0.2) is 7.11 Å². The third kappa shape index (κ3) is 3.56. The fourth-order valence-electron chi connectivity index (χ4n) is 1.94. The second kappa shape index (κ2) is 6.36. The standard InChI is InChI=1S/C16H19NO2/c1-12(17)15-8-3-4-9-16(15)19-14-7-5-6-13(10-14)11-18-2/h3-10,12H,11,17H2,1-2H3. The molecule has 2 N–H and O–H groups in total. The lowest BCUT2D eigenvalue weighted by molar-refractivity contribution is 0.184. The SMILES string of the molecule is COCc1cccc(Oc2ccccc2C(C)N)c1. The quantitative estimate of drug-likeness (QED) is 0.889. The molecule has 1 atom stereocenters. The van der Waals surface area contributed by atoms with Crippen molar-refractivity contribution in [3.05, 3.63) is 59.7 Å². The summed E-state index contributed by atoms with van der Waals surface area (Å²) >= 11 is 0. The lowest BCUT2D eigenvalue weighted by Gasteiger charge is -2.14. The molecule has 0 aliphatic carbocycles. The van der Waals surface area contributed by atoms with Crippen molar-refractivity contribution in [3.63, 3.8) is 0 Å². The number of hydrogen-bond donors (Lipinski definition) is 1. The summed E-state index contributed by atoms with van der Waals surface area (Å²) in [6, 6.07) is 15.6. The van der Waals surface area contributed by atoms with Crippen LogP contribution in [0.2, 0.25) is 0 Å². The molecule has 3 nitrogen and oxygen atoms in total. The summed E-state index contributed by atoms with van der Waals surface area (Å²) in [5.41, 5.74) is 8.03. The molecule has 0 saturated heterocycles. The summed E-state index contributed by atoms with van der Waals surface area (Å²) in [6.07, 6.45) is 0. The van der Waals surface area contributed by atoms with Gasteiger partial charge in [-0.2, -0.15) is 0 Å². The second-order valence-corrected chi connectivity index (χ2v) is 4.51. The Balaban J connectivity index is 2.23. The molecule has 0 aromatic heterocycles. The number of ether oxygens (including phenoxy) is 2. The molecule has 0 fully saturated rings. The molecule has 2 rings (SSSR count). The van der Waals surface area contributed by atoms with Crippen LogP contribution in [0.4, 0.5) is 0 Å². The van der Waals surface area contributed by atoms with Gasteiger partial charge < -0.3 is 15.2 Å². The van der Waals surface area contributed by atoms with E-state index >= 15 is 0 Å². The summed E-state index contributed by atoms with van der Waals surface area (Å²) in [5, 5.41) is 0. The largest absolute Gasteiger partial charge is 0.457 e. The topological polar surface area (TPSA) is 44.5 Å². The first kappa shape index (κ1) is 13.6. The highest BCUT2D eigenvalue weighted by molar-refractivity contribution is 5.40. The predicted octanol–water partition coefficient (Wildman–Crippen LogP) is 3.65. The van der Waals surface area contributed by atoms with Gasteiger partial charge in [-0.1, -0.05) is 30.3 Å². The van der Waals surface area contributed by atoms with Crippen LogP contribution in [0.3, 0.4) is 0 Å². The van der Waals surface area contributed by atoms with Gasteiger partial charge >= 0.3 is 0 Å². The maximum Gasteiger partial charge on any atom is 0.132 e. The Morgan fingerprint density at radius 3 is 2.63 bits per heavy atom. The van der Waals surface area contributed by atoms with Gasteiger partial charge in [-0.15, -0.1) is 0 Å². The van der Waals surface area contributed by atoms with E-state index in [4.69, 9.17) is 15.2 Å². The van der Waals surface area contributed by atoms with Crippen LogP contribution in [0.5, 0.6) is 11.5 Å². The molecule has 0 radical (unpaired) electrons. The second-order valence-electron chi connectivity index (χ2n) is 4.51. The molecule has 0 aliphatic rings. The number of benzene rings is 2. The van der Waals surface area contributed by atoms with Crippen LogP contribution in [0, 0.1) is 0 Å². The van der Waals surface area contributed by atoms with E-state index in [9.17, 15) is 0 Å². The molecule has 0 aliphatic heterocycles.